The topological polar surface area (TPSA) is 102 Å². The zero-order valence-corrected chi connectivity index (χ0v) is 23.2. The van der Waals surface area contributed by atoms with Crippen LogP contribution in [0.2, 0.25) is 0 Å². The average molecular weight is 535 g/mol. The first-order chi connectivity index (χ1) is 18.0. The summed E-state index contributed by atoms with van der Waals surface area (Å²) in [6.45, 7) is 9.70. The normalized spacial score (nSPS) is 12.8. The van der Waals surface area contributed by atoms with Crippen LogP contribution in [0.25, 0.3) is 11.4 Å². The van der Waals surface area contributed by atoms with Crippen LogP contribution in [0, 0.1) is 5.41 Å². The monoisotopic (exact) mass is 534 g/mol. The lowest BCUT2D eigenvalue weighted by Crippen LogP contribution is -2.58. The van der Waals surface area contributed by atoms with Crippen molar-refractivity contribution in [1.29, 1.82) is 0 Å². The first-order valence-corrected chi connectivity index (χ1v) is 12.8. The van der Waals surface area contributed by atoms with Crippen molar-refractivity contribution in [3.05, 3.63) is 84.2 Å². The molecule has 0 aliphatic carbocycles. The van der Waals surface area contributed by atoms with Gasteiger partial charge in [0.25, 0.3) is 0 Å². The number of hydrogen-bond donors (Lipinski definition) is 2. The third-order valence-corrected chi connectivity index (χ3v) is 5.65. The Morgan fingerprint density at radius 2 is 1.58 bits per heavy atom. The van der Waals surface area contributed by atoms with Gasteiger partial charge in [0.2, 0.25) is 0 Å². The zero-order valence-electron chi connectivity index (χ0n) is 22.4. The predicted molar refractivity (Wildman–Crippen MR) is 150 cm³/mol. The number of amides is 1. The van der Waals surface area contributed by atoms with Crippen molar-refractivity contribution in [2.45, 2.75) is 59.3 Å². The Bertz CT molecular complexity index is 1230. The maximum Gasteiger partial charge on any atom is 0.413 e. The van der Waals surface area contributed by atoms with Crippen LogP contribution >= 0.6 is 12.2 Å². The molecule has 8 nitrogen and oxygen atoms in total. The minimum absolute atomic E-state index is 0.0523. The molecule has 2 aromatic carbocycles. The van der Waals surface area contributed by atoms with Crippen LogP contribution < -0.4 is 10.6 Å². The number of nitrogens with one attached hydrogen (secondary N) is 2. The molecule has 0 saturated heterocycles. The van der Waals surface area contributed by atoms with E-state index in [0.717, 1.165) is 11.1 Å². The molecule has 9 heteroatoms. The van der Waals surface area contributed by atoms with E-state index in [2.05, 4.69) is 20.6 Å². The van der Waals surface area contributed by atoms with Gasteiger partial charge in [0, 0.05) is 18.0 Å². The van der Waals surface area contributed by atoms with Gasteiger partial charge >= 0.3 is 12.1 Å². The SMILES string of the molecule is CC(C)OC(=O)[C@](CC(C)(C)C)(NC(=S)NC(=O)OCc1ccccc1)c1ccc(-c2ncccn2)cc1. The largest absolute Gasteiger partial charge is 0.461 e. The summed E-state index contributed by atoms with van der Waals surface area (Å²) in [6.07, 6.45) is 2.57. The van der Waals surface area contributed by atoms with E-state index in [4.69, 9.17) is 21.7 Å². The molecule has 0 unspecified atom stereocenters. The van der Waals surface area contributed by atoms with Crippen LogP contribution in [-0.4, -0.2) is 33.2 Å². The minimum Gasteiger partial charge on any atom is -0.461 e. The van der Waals surface area contributed by atoms with Gasteiger partial charge in [-0.1, -0.05) is 75.4 Å². The molecule has 2 N–H and O–H groups in total. The maximum atomic E-state index is 13.7. The molecule has 0 bridgehead atoms. The van der Waals surface area contributed by atoms with Gasteiger partial charge in [-0.05, 0) is 55.1 Å². The third kappa shape index (κ3) is 8.08. The Balaban J connectivity index is 1.90. The molecule has 38 heavy (non-hydrogen) atoms. The number of nitrogens with zero attached hydrogens (tertiary/aromatic N) is 2. The van der Waals surface area contributed by atoms with Crippen molar-refractivity contribution in [3.63, 3.8) is 0 Å². The quantitative estimate of drug-likeness (QED) is 0.287. The second kappa shape index (κ2) is 12.6. The van der Waals surface area contributed by atoms with Crippen LogP contribution in [0.5, 0.6) is 0 Å². The highest BCUT2D eigenvalue weighted by Crippen LogP contribution is 2.37. The molecular weight excluding hydrogens is 500 g/mol. The number of thiocarbonyl (C=S) groups is 1. The highest BCUT2D eigenvalue weighted by molar-refractivity contribution is 7.80. The first-order valence-electron chi connectivity index (χ1n) is 12.4. The number of carbonyl (C=O) groups excluding carboxylic acids is 2. The van der Waals surface area contributed by atoms with E-state index in [-0.39, 0.29) is 23.2 Å². The molecule has 1 aromatic heterocycles. The van der Waals surface area contributed by atoms with Gasteiger partial charge in [0.1, 0.15) is 6.61 Å². The number of hydrogen-bond acceptors (Lipinski definition) is 7. The van der Waals surface area contributed by atoms with E-state index in [1.54, 1.807) is 32.3 Å². The number of alkyl carbamates (subject to hydrolysis) is 1. The van der Waals surface area contributed by atoms with Crippen molar-refractivity contribution in [2.24, 2.45) is 5.41 Å². The van der Waals surface area contributed by atoms with E-state index >= 15 is 0 Å². The molecule has 0 aliphatic rings. The molecule has 1 amide bonds. The average Bonchev–Trinajstić information content (AvgIpc) is 2.87. The number of carbonyl (C=O) groups is 2. The molecular formula is C29H34N4O4S. The zero-order chi connectivity index (χ0) is 27.8. The summed E-state index contributed by atoms with van der Waals surface area (Å²) in [6, 6.07) is 18.4. The summed E-state index contributed by atoms with van der Waals surface area (Å²) in [7, 11) is 0. The van der Waals surface area contributed by atoms with Gasteiger partial charge in [0.15, 0.2) is 16.5 Å². The summed E-state index contributed by atoms with van der Waals surface area (Å²) in [4.78, 5) is 34.8. The highest BCUT2D eigenvalue weighted by atomic mass is 32.1. The summed E-state index contributed by atoms with van der Waals surface area (Å²) in [5.74, 6) is 0.0597. The number of aromatic nitrogens is 2. The predicted octanol–water partition coefficient (Wildman–Crippen LogP) is 5.53. The lowest BCUT2D eigenvalue weighted by atomic mass is 9.75. The standard InChI is InChI=1S/C29H34N4O4S/c1-20(2)37-25(34)29(19-28(3,4)5,23-14-12-22(13-15-23)24-30-16-9-17-31-24)33-26(38)32-27(35)36-18-21-10-7-6-8-11-21/h6-17,20H,18-19H2,1-5H3,(H2,32,33,35,38)/t29-/m1/s1. The van der Waals surface area contributed by atoms with Crippen LogP contribution in [0.15, 0.2) is 73.1 Å². The van der Waals surface area contributed by atoms with Crippen molar-refractivity contribution in [3.8, 4) is 11.4 Å². The first kappa shape index (κ1) is 28.7. The highest BCUT2D eigenvalue weighted by Gasteiger charge is 2.46. The second-order valence-corrected chi connectivity index (χ2v) is 10.8. The smallest absolute Gasteiger partial charge is 0.413 e. The molecule has 200 valence electrons. The molecule has 0 saturated carbocycles. The molecule has 1 atom stereocenters. The van der Waals surface area contributed by atoms with Crippen molar-refractivity contribution < 1.29 is 19.1 Å². The number of benzene rings is 2. The Morgan fingerprint density at radius 1 is 0.947 bits per heavy atom. The molecule has 1 heterocycles. The minimum atomic E-state index is -1.39. The lowest BCUT2D eigenvalue weighted by molar-refractivity contribution is -0.157. The molecule has 3 rings (SSSR count). The van der Waals surface area contributed by atoms with Gasteiger partial charge < -0.3 is 14.8 Å². The Hall–Kier alpha value is -3.85. The second-order valence-electron chi connectivity index (χ2n) is 10.4. The summed E-state index contributed by atoms with van der Waals surface area (Å²) >= 11 is 5.48. The molecule has 0 spiro atoms. The number of esters is 1. The van der Waals surface area contributed by atoms with Gasteiger partial charge in [-0.3, -0.25) is 5.32 Å². The Kier molecular flexibility index (Phi) is 9.52. The molecule has 0 radical (unpaired) electrons. The Labute approximate surface area is 229 Å². The van der Waals surface area contributed by atoms with Crippen molar-refractivity contribution in [2.75, 3.05) is 0 Å². The molecule has 0 fully saturated rings. The summed E-state index contributed by atoms with van der Waals surface area (Å²) in [5.41, 5.74) is 0.545. The van der Waals surface area contributed by atoms with Gasteiger partial charge in [-0.2, -0.15) is 0 Å². The van der Waals surface area contributed by atoms with E-state index < -0.39 is 17.6 Å². The van der Waals surface area contributed by atoms with Crippen LogP contribution in [0.3, 0.4) is 0 Å². The molecule has 0 aliphatic heterocycles. The number of ether oxygens (including phenoxy) is 2. The summed E-state index contributed by atoms with van der Waals surface area (Å²) < 4.78 is 11.0. The maximum absolute atomic E-state index is 13.7. The third-order valence-electron chi connectivity index (χ3n) is 5.44. The van der Waals surface area contributed by atoms with Crippen molar-refractivity contribution in [1.82, 2.24) is 20.6 Å². The number of rotatable bonds is 8. The van der Waals surface area contributed by atoms with Gasteiger partial charge in [0.05, 0.1) is 6.10 Å². The van der Waals surface area contributed by atoms with Crippen LogP contribution in [-0.2, 0) is 26.4 Å². The molecule has 3 aromatic rings. The van der Waals surface area contributed by atoms with Gasteiger partial charge in [-0.25, -0.2) is 19.6 Å². The van der Waals surface area contributed by atoms with E-state index in [9.17, 15) is 9.59 Å². The van der Waals surface area contributed by atoms with E-state index in [0.29, 0.717) is 17.8 Å². The van der Waals surface area contributed by atoms with E-state index in [1.807, 2.05) is 75.4 Å². The fourth-order valence-corrected chi connectivity index (χ4v) is 4.26. The van der Waals surface area contributed by atoms with Crippen LogP contribution in [0.1, 0.15) is 52.2 Å². The van der Waals surface area contributed by atoms with Gasteiger partial charge in [-0.15, -0.1) is 0 Å². The van der Waals surface area contributed by atoms with E-state index in [1.165, 1.54) is 0 Å². The lowest BCUT2D eigenvalue weighted by Gasteiger charge is -2.39. The van der Waals surface area contributed by atoms with Crippen molar-refractivity contribution >= 4 is 29.4 Å². The fourth-order valence-electron chi connectivity index (χ4n) is 4.00. The fraction of sp³-hybridized carbons (Fsp3) is 0.345. The Morgan fingerprint density at radius 3 is 2.16 bits per heavy atom. The van der Waals surface area contributed by atoms with Crippen LogP contribution in [0.4, 0.5) is 4.79 Å². The summed E-state index contributed by atoms with van der Waals surface area (Å²) in [5, 5.41) is 5.60.